The van der Waals surface area contributed by atoms with Gasteiger partial charge < -0.3 is 15.5 Å². The average Bonchev–Trinajstić information content (AvgIpc) is 2.69. The predicted octanol–water partition coefficient (Wildman–Crippen LogP) is 1.97. The molecule has 0 aromatic heterocycles. The Morgan fingerprint density at radius 1 is 1.17 bits per heavy atom. The topological polar surface area (TPSA) is 117 Å². The summed E-state index contributed by atoms with van der Waals surface area (Å²) in [6.45, 7) is 1.23. The average molecular weight is 549 g/mol. The van der Waals surface area contributed by atoms with Gasteiger partial charge in [0.25, 0.3) is 0 Å². The van der Waals surface area contributed by atoms with E-state index in [1.165, 1.54) is 35.4 Å². The second kappa shape index (κ2) is 12.9. The first-order valence-corrected chi connectivity index (χ1v) is 11.3. The largest absolute Gasteiger partial charge is 0.356 e. The number of guanidine groups is 1. The van der Waals surface area contributed by atoms with Crippen molar-refractivity contribution in [3.63, 3.8) is 0 Å². The van der Waals surface area contributed by atoms with Gasteiger partial charge in [0, 0.05) is 20.6 Å². The number of carbonyl (C=O) groups is 1. The molecule has 1 amide bonds. The molecule has 1 aliphatic carbocycles. The smallest absolute Gasteiger partial charge is 0.241 e. The van der Waals surface area contributed by atoms with Gasteiger partial charge in [0.15, 0.2) is 5.96 Å². The Kier molecular flexibility index (Phi) is 11.3. The summed E-state index contributed by atoms with van der Waals surface area (Å²) in [5.74, 6) is 0.499. The van der Waals surface area contributed by atoms with Crippen LogP contribution in [-0.2, 0) is 21.4 Å². The van der Waals surface area contributed by atoms with Gasteiger partial charge in [-0.25, -0.2) is 18.5 Å². The van der Waals surface area contributed by atoms with Crippen LogP contribution in [-0.4, -0.2) is 52.4 Å². The first kappa shape index (κ1) is 26.4. The standard InChI is InChI=1S/C20H31N5O3S.HI/c1-25(2)19(26)15-24-20(22-13-12-16-6-4-3-5-7-16)23-14-17-8-10-18(11-9-17)29(21,27)28;/h6,8-11H,3-5,7,12-15H2,1-2H3,(H2,21,27,28)(H2,22,23,24);1H. The molecule has 0 atom stereocenters. The number of likely N-dealkylation sites (N-methyl/N-ethyl adjacent to an activating group) is 1. The number of benzene rings is 1. The number of carbonyl (C=O) groups excluding carboxylic acids is 1. The van der Waals surface area contributed by atoms with E-state index in [0.29, 0.717) is 12.5 Å². The van der Waals surface area contributed by atoms with Crippen LogP contribution in [0.4, 0.5) is 0 Å². The number of nitrogens with zero attached hydrogens (tertiary/aromatic N) is 2. The van der Waals surface area contributed by atoms with Crippen molar-refractivity contribution >= 4 is 45.9 Å². The zero-order valence-corrected chi connectivity index (χ0v) is 20.7. The minimum atomic E-state index is -3.71. The lowest BCUT2D eigenvalue weighted by molar-refractivity contribution is -0.127. The third-order valence-electron chi connectivity index (χ3n) is 4.70. The Hall–Kier alpha value is -1.66. The Morgan fingerprint density at radius 2 is 1.87 bits per heavy atom. The van der Waals surface area contributed by atoms with Gasteiger partial charge in [-0.3, -0.25) is 4.79 Å². The summed E-state index contributed by atoms with van der Waals surface area (Å²) in [5, 5.41) is 11.5. The fraction of sp³-hybridized carbons (Fsp3) is 0.500. The molecule has 0 saturated carbocycles. The van der Waals surface area contributed by atoms with Gasteiger partial charge in [0.2, 0.25) is 15.9 Å². The highest BCUT2D eigenvalue weighted by atomic mass is 127. The van der Waals surface area contributed by atoms with Crippen LogP contribution < -0.4 is 15.8 Å². The SMILES string of the molecule is CN(C)C(=O)CNC(=NCc1ccc(S(N)(=O)=O)cc1)NCCC1=CCCCC1.I. The number of hydrogen-bond donors (Lipinski definition) is 3. The van der Waals surface area contributed by atoms with Crippen molar-refractivity contribution in [2.45, 2.75) is 43.5 Å². The minimum absolute atomic E-state index is 0. The monoisotopic (exact) mass is 549 g/mol. The van der Waals surface area contributed by atoms with Gasteiger partial charge in [-0.05, 0) is 49.8 Å². The summed E-state index contributed by atoms with van der Waals surface area (Å²) < 4.78 is 22.7. The highest BCUT2D eigenvalue weighted by molar-refractivity contribution is 14.0. The maximum Gasteiger partial charge on any atom is 0.241 e. The second-order valence-electron chi connectivity index (χ2n) is 7.28. The number of rotatable bonds is 8. The molecular weight excluding hydrogens is 517 g/mol. The van der Waals surface area contributed by atoms with Crippen molar-refractivity contribution in [1.29, 1.82) is 0 Å². The first-order chi connectivity index (χ1) is 13.8. The van der Waals surface area contributed by atoms with Crippen LogP contribution in [0.25, 0.3) is 0 Å². The molecule has 0 unspecified atom stereocenters. The lowest BCUT2D eigenvalue weighted by Gasteiger charge is -2.16. The van der Waals surface area contributed by atoms with Gasteiger partial charge in [0.05, 0.1) is 18.0 Å². The Balaban J connectivity index is 0.00000450. The third kappa shape index (κ3) is 9.43. The molecule has 1 aliphatic rings. The van der Waals surface area contributed by atoms with Gasteiger partial charge in [-0.15, -0.1) is 24.0 Å². The number of hydrogen-bond acceptors (Lipinski definition) is 4. The molecule has 10 heteroatoms. The number of primary sulfonamides is 1. The second-order valence-corrected chi connectivity index (χ2v) is 8.84. The van der Waals surface area contributed by atoms with Gasteiger partial charge in [-0.1, -0.05) is 23.8 Å². The van der Waals surface area contributed by atoms with Crippen LogP contribution >= 0.6 is 24.0 Å². The summed E-state index contributed by atoms with van der Waals surface area (Å²) in [7, 11) is -0.297. The third-order valence-corrected chi connectivity index (χ3v) is 5.63. The van der Waals surface area contributed by atoms with Crippen LogP contribution in [0.5, 0.6) is 0 Å². The van der Waals surface area contributed by atoms with Crippen molar-refractivity contribution in [2.24, 2.45) is 10.1 Å². The molecule has 0 heterocycles. The summed E-state index contributed by atoms with van der Waals surface area (Å²) in [5.41, 5.74) is 2.30. The lowest BCUT2D eigenvalue weighted by atomic mass is 9.97. The highest BCUT2D eigenvalue weighted by Crippen LogP contribution is 2.19. The number of allylic oxidation sites excluding steroid dienone is 1. The van der Waals surface area contributed by atoms with Gasteiger partial charge in [-0.2, -0.15) is 0 Å². The molecule has 0 aliphatic heterocycles. The molecule has 0 saturated heterocycles. The maximum atomic E-state index is 11.9. The maximum absolute atomic E-state index is 11.9. The van der Waals surface area contributed by atoms with Gasteiger partial charge >= 0.3 is 0 Å². The minimum Gasteiger partial charge on any atom is -0.356 e. The first-order valence-electron chi connectivity index (χ1n) is 9.77. The van der Waals surface area contributed by atoms with E-state index in [1.807, 2.05) is 0 Å². The Labute approximate surface area is 196 Å². The molecule has 168 valence electrons. The number of nitrogens with one attached hydrogen (secondary N) is 2. The number of halogens is 1. The van der Waals surface area contributed by atoms with Crippen LogP contribution in [0.2, 0.25) is 0 Å². The number of aliphatic imine (C=N–C) groups is 1. The molecule has 0 spiro atoms. The van der Waals surface area contributed by atoms with Gasteiger partial charge in [0.1, 0.15) is 0 Å². The molecule has 2 rings (SSSR count). The zero-order chi connectivity index (χ0) is 21.3. The summed E-state index contributed by atoms with van der Waals surface area (Å²) in [6.07, 6.45) is 8.08. The Bertz CT molecular complexity index is 852. The van der Waals surface area contributed by atoms with Crippen LogP contribution in [0, 0.1) is 0 Å². The van der Waals surface area contributed by atoms with E-state index in [-0.39, 0.29) is 41.3 Å². The van der Waals surface area contributed by atoms with Crippen molar-refractivity contribution < 1.29 is 13.2 Å². The van der Waals surface area contributed by atoms with E-state index >= 15 is 0 Å². The number of amides is 1. The molecule has 0 fully saturated rings. The summed E-state index contributed by atoms with van der Waals surface area (Å²) in [4.78, 5) is 18.0. The van der Waals surface area contributed by atoms with Crippen molar-refractivity contribution in [1.82, 2.24) is 15.5 Å². The fourth-order valence-corrected chi connectivity index (χ4v) is 3.44. The van der Waals surface area contributed by atoms with Crippen molar-refractivity contribution in [3.8, 4) is 0 Å². The van der Waals surface area contributed by atoms with Crippen LogP contribution in [0.15, 0.2) is 45.8 Å². The van der Waals surface area contributed by atoms with E-state index in [0.717, 1.165) is 31.4 Å². The van der Waals surface area contributed by atoms with E-state index in [9.17, 15) is 13.2 Å². The van der Waals surface area contributed by atoms with Crippen LogP contribution in [0.3, 0.4) is 0 Å². The fourth-order valence-electron chi connectivity index (χ4n) is 2.92. The molecule has 1 aromatic rings. The summed E-state index contributed by atoms with van der Waals surface area (Å²) >= 11 is 0. The van der Waals surface area contributed by atoms with E-state index in [2.05, 4.69) is 21.7 Å². The molecular formula is C20H32IN5O3S. The highest BCUT2D eigenvalue weighted by Gasteiger charge is 2.09. The number of nitrogens with two attached hydrogens (primary N) is 1. The van der Waals surface area contributed by atoms with Crippen molar-refractivity contribution in [3.05, 3.63) is 41.5 Å². The lowest BCUT2D eigenvalue weighted by Crippen LogP contribution is -2.43. The zero-order valence-electron chi connectivity index (χ0n) is 17.6. The molecule has 0 radical (unpaired) electrons. The van der Waals surface area contributed by atoms with E-state index < -0.39 is 10.0 Å². The van der Waals surface area contributed by atoms with Crippen LogP contribution in [0.1, 0.15) is 37.7 Å². The molecule has 30 heavy (non-hydrogen) atoms. The van der Waals surface area contributed by atoms with E-state index in [4.69, 9.17) is 5.14 Å². The molecule has 4 N–H and O–H groups in total. The molecule has 0 bridgehead atoms. The molecule has 1 aromatic carbocycles. The molecule has 8 nitrogen and oxygen atoms in total. The quantitative estimate of drug-likeness (QED) is 0.199. The van der Waals surface area contributed by atoms with Crippen molar-refractivity contribution in [2.75, 3.05) is 27.2 Å². The normalized spacial score (nSPS) is 14.4. The van der Waals surface area contributed by atoms with E-state index in [1.54, 1.807) is 26.2 Å². The predicted molar refractivity (Wildman–Crippen MR) is 130 cm³/mol. The summed E-state index contributed by atoms with van der Waals surface area (Å²) in [6, 6.07) is 6.29. The number of sulfonamides is 1. The Morgan fingerprint density at radius 3 is 2.43 bits per heavy atom.